The standard InChI is InChI=1S/C22H30N4O3.HI/c1-6-16-8-7-9-18(12-16)25-21(27)14-24-22(23-2)26(3)15-17-10-11-19(28-4)13-20(17)29-5;/h7-13H,6,14-15H2,1-5H3,(H,23,24)(H,25,27);1H. The number of methoxy groups -OCH3 is 2. The fraction of sp³-hybridized carbons (Fsp3) is 0.364. The first-order valence-corrected chi connectivity index (χ1v) is 9.52. The third-order valence-electron chi connectivity index (χ3n) is 4.50. The zero-order chi connectivity index (χ0) is 21.2. The fourth-order valence-electron chi connectivity index (χ4n) is 2.93. The number of rotatable bonds is 8. The number of hydrogen-bond donors (Lipinski definition) is 2. The van der Waals surface area contributed by atoms with Crippen LogP contribution in [0.1, 0.15) is 18.1 Å². The maximum Gasteiger partial charge on any atom is 0.243 e. The van der Waals surface area contributed by atoms with E-state index in [1.807, 2.05) is 54.4 Å². The van der Waals surface area contributed by atoms with Gasteiger partial charge in [-0.1, -0.05) is 19.1 Å². The number of nitrogens with one attached hydrogen (secondary N) is 2. The maximum atomic E-state index is 12.3. The Balaban J connectivity index is 0.00000450. The van der Waals surface area contributed by atoms with Crippen molar-refractivity contribution in [3.05, 3.63) is 53.6 Å². The summed E-state index contributed by atoms with van der Waals surface area (Å²) in [5, 5.41) is 6.00. The van der Waals surface area contributed by atoms with Crippen molar-refractivity contribution in [3.63, 3.8) is 0 Å². The van der Waals surface area contributed by atoms with Gasteiger partial charge >= 0.3 is 0 Å². The monoisotopic (exact) mass is 526 g/mol. The van der Waals surface area contributed by atoms with Crippen molar-refractivity contribution in [3.8, 4) is 11.5 Å². The molecule has 2 aromatic carbocycles. The molecule has 2 rings (SSSR count). The average molecular weight is 526 g/mol. The van der Waals surface area contributed by atoms with Crippen LogP contribution in [0.4, 0.5) is 5.69 Å². The Morgan fingerprint density at radius 1 is 1.13 bits per heavy atom. The van der Waals surface area contributed by atoms with Gasteiger partial charge in [-0.2, -0.15) is 0 Å². The molecule has 7 nitrogen and oxygen atoms in total. The molecule has 2 N–H and O–H groups in total. The summed E-state index contributed by atoms with van der Waals surface area (Å²) in [7, 11) is 6.84. The molecule has 0 saturated carbocycles. The zero-order valence-corrected chi connectivity index (χ0v) is 20.5. The van der Waals surface area contributed by atoms with Gasteiger partial charge in [-0.15, -0.1) is 24.0 Å². The minimum Gasteiger partial charge on any atom is -0.497 e. The van der Waals surface area contributed by atoms with Gasteiger partial charge < -0.3 is 25.0 Å². The summed E-state index contributed by atoms with van der Waals surface area (Å²) in [6, 6.07) is 13.5. The highest BCUT2D eigenvalue weighted by Crippen LogP contribution is 2.25. The number of anilines is 1. The van der Waals surface area contributed by atoms with Crippen LogP contribution in [0, 0.1) is 0 Å². The van der Waals surface area contributed by atoms with Crippen LogP contribution in [-0.2, 0) is 17.8 Å². The Hall–Kier alpha value is -2.49. The predicted octanol–water partition coefficient (Wildman–Crippen LogP) is 3.53. The number of carbonyl (C=O) groups excluding carboxylic acids is 1. The Bertz CT molecular complexity index is 858. The summed E-state index contributed by atoms with van der Waals surface area (Å²) in [6.07, 6.45) is 0.925. The van der Waals surface area contributed by atoms with E-state index in [-0.39, 0.29) is 36.4 Å². The van der Waals surface area contributed by atoms with Gasteiger partial charge in [0.2, 0.25) is 5.91 Å². The molecule has 0 unspecified atom stereocenters. The largest absolute Gasteiger partial charge is 0.497 e. The van der Waals surface area contributed by atoms with Crippen molar-refractivity contribution in [2.75, 3.05) is 40.2 Å². The molecule has 164 valence electrons. The van der Waals surface area contributed by atoms with Gasteiger partial charge in [0.15, 0.2) is 5.96 Å². The average Bonchev–Trinajstić information content (AvgIpc) is 2.74. The van der Waals surface area contributed by atoms with E-state index in [4.69, 9.17) is 9.47 Å². The van der Waals surface area contributed by atoms with Crippen molar-refractivity contribution in [1.29, 1.82) is 0 Å². The molecule has 0 spiro atoms. The smallest absolute Gasteiger partial charge is 0.243 e. The molecular weight excluding hydrogens is 495 g/mol. The summed E-state index contributed by atoms with van der Waals surface area (Å²) >= 11 is 0. The van der Waals surface area contributed by atoms with Gasteiger partial charge in [0, 0.05) is 38.0 Å². The quantitative estimate of drug-likeness (QED) is 0.313. The lowest BCUT2D eigenvalue weighted by Gasteiger charge is -2.23. The van der Waals surface area contributed by atoms with Crippen LogP contribution in [-0.4, -0.2) is 51.6 Å². The van der Waals surface area contributed by atoms with Gasteiger partial charge in [0.25, 0.3) is 0 Å². The second-order valence-electron chi connectivity index (χ2n) is 6.54. The van der Waals surface area contributed by atoms with Crippen LogP contribution >= 0.6 is 24.0 Å². The van der Waals surface area contributed by atoms with Crippen molar-refractivity contribution < 1.29 is 14.3 Å². The van der Waals surface area contributed by atoms with Crippen LogP contribution in [0.15, 0.2) is 47.5 Å². The Morgan fingerprint density at radius 3 is 2.53 bits per heavy atom. The van der Waals surface area contributed by atoms with Crippen molar-refractivity contribution in [2.45, 2.75) is 19.9 Å². The number of aryl methyl sites for hydroxylation is 1. The van der Waals surface area contributed by atoms with Gasteiger partial charge in [-0.3, -0.25) is 9.79 Å². The Kier molecular flexibility index (Phi) is 11.0. The molecule has 0 fully saturated rings. The van der Waals surface area contributed by atoms with Crippen molar-refractivity contribution in [2.24, 2.45) is 4.99 Å². The maximum absolute atomic E-state index is 12.3. The SMILES string of the molecule is CCc1cccc(NC(=O)CNC(=NC)N(C)Cc2ccc(OC)cc2OC)c1.I. The Labute approximate surface area is 195 Å². The number of ether oxygens (including phenoxy) is 2. The molecule has 0 bridgehead atoms. The van der Waals surface area contributed by atoms with E-state index in [1.165, 1.54) is 5.56 Å². The molecule has 0 aliphatic heterocycles. The van der Waals surface area contributed by atoms with E-state index >= 15 is 0 Å². The van der Waals surface area contributed by atoms with E-state index in [9.17, 15) is 4.79 Å². The topological polar surface area (TPSA) is 75.2 Å². The van der Waals surface area contributed by atoms with Gasteiger partial charge in [-0.25, -0.2) is 0 Å². The van der Waals surface area contributed by atoms with Crippen molar-refractivity contribution >= 4 is 41.5 Å². The molecule has 0 aromatic heterocycles. The van der Waals surface area contributed by atoms with E-state index < -0.39 is 0 Å². The molecule has 0 heterocycles. The number of guanidine groups is 1. The van der Waals surface area contributed by atoms with E-state index in [0.29, 0.717) is 12.5 Å². The van der Waals surface area contributed by atoms with Crippen LogP contribution in [0.5, 0.6) is 11.5 Å². The highest BCUT2D eigenvalue weighted by atomic mass is 127. The highest BCUT2D eigenvalue weighted by molar-refractivity contribution is 14.0. The summed E-state index contributed by atoms with van der Waals surface area (Å²) in [4.78, 5) is 18.5. The van der Waals surface area contributed by atoms with E-state index in [0.717, 1.165) is 29.2 Å². The number of amides is 1. The molecule has 30 heavy (non-hydrogen) atoms. The first kappa shape index (κ1) is 25.5. The highest BCUT2D eigenvalue weighted by Gasteiger charge is 2.12. The van der Waals surface area contributed by atoms with Gasteiger partial charge in [0.05, 0.1) is 20.8 Å². The Morgan fingerprint density at radius 2 is 1.90 bits per heavy atom. The lowest BCUT2D eigenvalue weighted by Crippen LogP contribution is -2.42. The van der Waals surface area contributed by atoms with Crippen LogP contribution < -0.4 is 20.1 Å². The summed E-state index contributed by atoms with van der Waals surface area (Å²) < 4.78 is 10.7. The van der Waals surface area contributed by atoms with Crippen LogP contribution in [0.3, 0.4) is 0 Å². The first-order valence-electron chi connectivity index (χ1n) is 9.52. The second kappa shape index (κ2) is 12.9. The number of nitrogens with zero attached hydrogens (tertiary/aromatic N) is 2. The van der Waals surface area contributed by atoms with Crippen LogP contribution in [0.25, 0.3) is 0 Å². The third-order valence-corrected chi connectivity index (χ3v) is 4.50. The minimum atomic E-state index is -0.130. The number of carbonyl (C=O) groups is 1. The second-order valence-corrected chi connectivity index (χ2v) is 6.54. The lowest BCUT2D eigenvalue weighted by atomic mass is 10.1. The number of halogens is 1. The number of aliphatic imine (C=N–C) groups is 1. The third kappa shape index (κ3) is 7.40. The molecule has 8 heteroatoms. The molecular formula is C22H31IN4O3. The van der Waals surface area contributed by atoms with E-state index in [2.05, 4.69) is 22.5 Å². The van der Waals surface area contributed by atoms with E-state index in [1.54, 1.807) is 21.3 Å². The van der Waals surface area contributed by atoms with Gasteiger partial charge in [-0.05, 0) is 36.2 Å². The normalized spacial score (nSPS) is 10.6. The molecule has 0 aliphatic rings. The number of benzene rings is 2. The number of hydrogen-bond acceptors (Lipinski definition) is 4. The summed E-state index contributed by atoms with van der Waals surface area (Å²) in [5.41, 5.74) is 2.96. The minimum absolute atomic E-state index is 0. The van der Waals surface area contributed by atoms with Crippen LogP contribution in [0.2, 0.25) is 0 Å². The van der Waals surface area contributed by atoms with Gasteiger partial charge in [0.1, 0.15) is 11.5 Å². The molecule has 0 radical (unpaired) electrons. The summed E-state index contributed by atoms with van der Waals surface area (Å²) in [6.45, 7) is 2.76. The first-order chi connectivity index (χ1) is 14.0. The lowest BCUT2D eigenvalue weighted by molar-refractivity contribution is -0.115. The zero-order valence-electron chi connectivity index (χ0n) is 18.2. The molecule has 0 atom stereocenters. The molecule has 0 saturated heterocycles. The molecule has 0 aliphatic carbocycles. The summed E-state index contributed by atoms with van der Waals surface area (Å²) in [5.74, 6) is 1.95. The molecule has 1 amide bonds. The van der Waals surface area contributed by atoms with Crippen molar-refractivity contribution in [1.82, 2.24) is 10.2 Å². The fourth-order valence-corrected chi connectivity index (χ4v) is 2.93. The molecule has 2 aromatic rings. The predicted molar refractivity (Wildman–Crippen MR) is 132 cm³/mol.